The molecular weight excluding hydrogens is 618 g/mol. The molecule has 3 heterocycles. The Labute approximate surface area is 276 Å². The minimum Gasteiger partial charge on any atom is -0.361 e. The second kappa shape index (κ2) is 16.5. The molecule has 1 aliphatic heterocycles. The molecule has 2 unspecified atom stereocenters. The topological polar surface area (TPSA) is 166 Å². The maximum Gasteiger partial charge on any atom is 0.270 e. The van der Waals surface area contributed by atoms with Crippen LogP contribution in [0, 0.1) is 0 Å². The van der Waals surface area contributed by atoms with E-state index in [4.69, 9.17) is 4.74 Å². The molecule has 4 rings (SSSR count). The van der Waals surface area contributed by atoms with Crippen molar-refractivity contribution >= 4 is 31.6 Å². The third-order valence-corrected chi connectivity index (χ3v) is 9.98. The minimum absolute atomic E-state index is 0.0982. The largest absolute Gasteiger partial charge is 0.361 e. The average molecular weight is 666 g/mol. The van der Waals surface area contributed by atoms with Gasteiger partial charge in [-0.1, -0.05) is 56.9 Å². The maximum absolute atomic E-state index is 13.7. The van der Waals surface area contributed by atoms with Crippen LogP contribution in [0.15, 0.2) is 42.9 Å². The predicted molar refractivity (Wildman–Crippen MR) is 177 cm³/mol. The summed E-state index contributed by atoms with van der Waals surface area (Å²) in [7, 11) is -1.25. The fourth-order valence-electron chi connectivity index (χ4n) is 5.32. The van der Waals surface area contributed by atoms with Gasteiger partial charge in [0, 0.05) is 27.6 Å². The Morgan fingerprint density at radius 3 is 2.62 bits per heavy atom. The number of tetrazole rings is 1. The number of Topliss-reactive ketones (excluding diaryl/α,β-unsaturated/α-hetero) is 1. The molecule has 0 spiro atoms. The van der Waals surface area contributed by atoms with E-state index in [9.17, 15) is 19.2 Å². The van der Waals surface area contributed by atoms with Crippen molar-refractivity contribution in [3.05, 3.63) is 59.9 Å². The van der Waals surface area contributed by atoms with Crippen LogP contribution in [0.2, 0.25) is 25.7 Å². The fourth-order valence-corrected chi connectivity index (χ4v) is 6.08. The molecule has 0 radical (unpaired) electrons. The summed E-state index contributed by atoms with van der Waals surface area (Å²) < 4.78 is 8.86. The molecular formula is C32H47N9O5Si. The summed E-state index contributed by atoms with van der Waals surface area (Å²) in [4.78, 5) is 59.2. The molecule has 1 aliphatic rings. The molecule has 1 aromatic carbocycles. The normalized spacial score (nSPS) is 16.7. The molecule has 0 aliphatic carbocycles. The van der Waals surface area contributed by atoms with Crippen LogP contribution in [-0.4, -0.2) is 97.5 Å². The lowest BCUT2D eigenvalue weighted by atomic mass is 10.1. The number of hydrogen-bond acceptors (Lipinski definition) is 9. The molecule has 47 heavy (non-hydrogen) atoms. The molecule has 254 valence electrons. The third-order valence-electron chi connectivity index (χ3n) is 8.28. The Kier molecular flexibility index (Phi) is 12.5. The van der Waals surface area contributed by atoms with Crippen LogP contribution >= 0.6 is 0 Å². The van der Waals surface area contributed by atoms with Gasteiger partial charge in [0.2, 0.25) is 11.8 Å². The fraction of sp³-hybridized carbons (Fsp3) is 0.562. The second-order valence-corrected chi connectivity index (χ2v) is 18.8. The van der Waals surface area contributed by atoms with Crippen molar-refractivity contribution in [1.29, 1.82) is 0 Å². The van der Waals surface area contributed by atoms with Crippen LogP contribution in [0.3, 0.4) is 0 Å². The number of nitrogens with one attached hydrogen (secondary N) is 2. The average Bonchev–Trinajstić information content (AvgIpc) is 3.65. The number of amides is 3. The van der Waals surface area contributed by atoms with Gasteiger partial charge in [-0.25, -0.2) is 9.67 Å². The summed E-state index contributed by atoms with van der Waals surface area (Å²) >= 11 is 0. The van der Waals surface area contributed by atoms with E-state index >= 15 is 0 Å². The molecule has 14 nitrogen and oxygen atoms in total. The molecule has 2 N–H and O–H groups in total. The molecule has 1 fully saturated rings. The van der Waals surface area contributed by atoms with E-state index in [-0.39, 0.29) is 25.0 Å². The number of nitrogens with zero attached hydrogens (tertiary/aromatic N) is 7. The summed E-state index contributed by atoms with van der Waals surface area (Å²) in [5.41, 5.74) is 1.31. The SMILES string of the molecule is CCC(NC(=O)C(C)N1CCCC[C@H](NC(=O)c2cncn2COCC[Si](C)(C)C)C1=O)C(=O)Cn1nnnc1Cc1ccccc1. The first-order chi connectivity index (χ1) is 22.5. The molecule has 3 amide bonds. The quantitative estimate of drug-likeness (QED) is 0.173. The van der Waals surface area contributed by atoms with E-state index in [0.29, 0.717) is 56.8 Å². The van der Waals surface area contributed by atoms with Gasteiger partial charge >= 0.3 is 0 Å². The van der Waals surface area contributed by atoms with Crippen LogP contribution in [-0.2, 0) is 38.8 Å². The lowest BCUT2D eigenvalue weighted by molar-refractivity contribution is -0.141. The van der Waals surface area contributed by atoms with Gasteiger partial charge in [0.05, 0.1) is 18.6 Å². The summed E-state index contributed by atoms with van der Waals surface area (Å²) in [5, 5.41) is 17.5. The Morgan fingerprint density at radius 1 is 1.13 bits per heavy atom. The molecule has 0 saturated carbocycles. The first kappa shape index (κ1) is 35.6. The Hall–Kier alpha value is -4.24. The van der Waals surface area contributed by atoms with Crippen molar-refractivity contribution in [2.24, 2.45) is 0 Å². The van der Waals surface area contributed by atoms with Crippen LogP contribution in [0.25, 0.3) is 0 Å². The highest BCUT2D eigenvalue weighted by Gasteiger charge is 2.35. The molecule has 3 aromatic rings. The van der Waals surface area contributed by atoms with E-state index < -0.39 is 38.0 Å². The second-order valence-electron chi connectivity index (χ2n) is 13.2. The predicted octanol–water partition coefficient (Wildman–Crippen LogP) is 2.44. The number of imidazole rings is 1. The molecule has 0 bridgehead atoms. The summed E-state index contributed by atoms with van der Waals surface area (Å²) in [6, 6.07) is 8.24. The van der Waals surface area contributed by atoms with E-state index in [2.05, 4.69) is 50.8 Å². The van der Waals surface area contributed by atoms with Crippen LogP contribution in [0.1, 0.15) is 61.4 Å². The third kappa shape index (κ3) is 10.1. The molecule has 2 aromatic heterocycles. The lowest BCUT2D eigenvalue weighted by Gasteiger charge is -2.30. The van der Waals surface area contributed by atoms with E-state index in [0.717, 1.165) is 11.6 Å². The molecule has 1 saturated heterocycles. The van der Waals surface area contributed by atoms with Gasteiger partial charge in [-0.2, -0.15) is 0 Å². The smallest absolute Gasteiger partial charge is 0.270 e. The van der Waals surface area contributed by atoms with Gasteiger partial charge in [-0.15, -0.1) is 5.10 Å². The number of ketones is 1. The van der Waals surface area contributed by atoms with Gasteiger partial charge in [0.25, 0.3) is 5.91 Å². The first-order valence-corrected chi connectivity index (χ1v) is 20.0. The number of carbonyl (C=O) groups excluding carboxylic acids is 4. The summed E-state index contributed by atoms with van der Waals surface area (Å²) in [6.07, 6.45) is 5.64. The highest BCUT2D eigenvalue weighted by Crippen LogP contribution is 2.17. The first-order valence-electron chi connectivity index (χ1n) is 16.3. The monoisotopic (exact) mass is 665 g/mol. The standard InChI is InChI=1S/C32H47N9O5Si/c1-6-25(28(42)20-41-29(36-37-38-41)18-24-12-8-7-9-13-24)34-30(43)23(2)40-15-11-10-14-26(32(40)45)35-31(44)27-19-33-21-39(27)22-46-16-17-47(3,4)5/h7-9,12-13,19,21,23,25-26H,6,10-11,14-18,20,22H2,1-5H3,(H,34,43)(H,35,44)/t23?,25?,26-/m0/s1. The number of likely N-dealkylation sites (tertiary alicyclic amines) is 1. The van der Waals surface area contributed by atoms with Crippen LogP contribution in [0.5, 0.6) is 0 Å². The van der Waals surface area contributed by atoms with Crippen molar-refractivity contribution in [2.75, 3.05) is 13.2 Å². The van der Waals surface area contributed by atoms with Crippen molar-refractivity contribution < 1.29 is 23.9 Å². The zero-order valence-electron chi connectivity index (χ0n) is 28.0. The number of aromatic nitrogens is 6. The van der Waals surface area contributed by atoms with Gasteiger partial charge < -0.3 is 24.8 Å². The molecule has 15 heteroatoms. The maximum atomic E-state index is 13.7. The van der Waals surface area contributed by atoms with Gasteiger partial charge in [-0.3, -0.25) is 19.2 Å². The Balaban J connectivity index is 1.34. The van der Waals surface area contributed by atoms with Crippen molar-refractivity contribution in [3.8, 4) is 0 Å². The van der Waals surface area contributed by atoms with E-state index in [1.165, 1.54) is 22.1 Å². The van der Waals surface area contributed by atoms with E-state index in [1.54, 1.807) is 11.5 Å². The molecule has 3 atom stereocenters. The zero-order valence-corrected chi connectivity index (χ0v) is 29.0. The summed E-state index contributed by atoms with van der Waals surface area (Å²) in [6.45, 7) is 11.3. The van der Waals surface area contributed by atoms with Gasteiger partial charge in [0.15, 0.2) is 11.6 Å². The van der Waals surface area contributed by atoms with Crippen molar-refractivity contribution in [1.82, 2.24) is 45.3 Å². The van der Waals surface area contributed by atoms with E-state index in [1.807, 2.05) is 37.3 Å². The minimum atomic E-state index is -1.25. The van der Waals surface area contributed by atoms with Crippen molar-refractivity contribution in [2.45, 2.75) is 103 Å². The number of ether oxygens (including phenoxy) is 1. The highest BCUT2D eigenvalue weighted by molar-refractivity contribution is 6.76. The summed E-state index contributed by atoms with van der Waals surface area (Å²) in [5.74, 6) is -0.919. The number of carbonyl (C=O) groups is 4. The zero-order chi connectivity index (χ0) is 34.0. The highest BCUT2D eigenvalue weighted by atomic mass is 28.3. The van der Waals surface area contributed by atoms with Crippen molar-refractivity contribution in [3.63, 3.8) is 0 Å². The number of benzene rings is 1. The number of hydrogen-bond donors (Lipinski definition) is 2. The van der Waals surface area contributed by atoms with Gasteiger partial charge in [0.1, 0.15) is 31.1 Å². The van der Waals surface area contributed by atoms with Crippen LogP contribution < -0.4 is 10.6 Å². The van der Waals surface area contributed by atoms with Gasteiger partial charge in [-0.05, 0) is 54.6 Å². The van der Waals surface area contributed by atoms with Crippen LogP contribution in [0.4, 0.5) is 0 Å². The Bertz CT molecular complexity index is 1500. The number of rotatable bonds is 16. The Morgan fingerprint density at radius 2 is 1.89 bits per heavy atom. The lowest BCUT2D eigenvalue weighted by Crippen LogP contribution is -2.56.